The number of phenols is 1. The number of halogens is 1. The van der Waals surface area contributed by atoms with E-state index in [1.54, 1.807) is 12.1 Å². The van der Waals surface area contributed by atoms with E-state index in [0.29, 0.717) is 5.75 Å². The van der Waals surface area contributed by atoms with Crippen molar-refractivity contribution in [3.8, 4) is 5.75 Å². The van der Waals surface area contributed by atoms with Crippen LogP contribution in [0.5, 0.6) is 5.75 Å². The third-order valence-electron chi connectivity index (χ3n) is 2.24. The smallest absolute Gasteiger partial charge is 0.115 e. The first kappa shape index (κ1) is 12.3. The van der Waals surface area contributed by atoms with Gasteiger partial charge in [0.05, 0.1) is 0 Å². The Hall–Kier alpha value is -0.760. The molecule has 0 spiro atoms. The van der Waals surface area contributed by atoms with Gasteiger partial charge in [-0.1, -0.05) is 41.1 Å². The van der Waals surface area contributed by atoms with Crippen LogP contribution in [0.15, 0.2) is 34.8 Å². The average Bonchev–Trinajstić information content (AvgIpc) is 2.21. The van der Waals surface area contributed by atoms with Crippen molar-refractivity contribution >= 4 is 15.9 Å². The van der Waals surface area contributed by atoms with E-state index in [2.05, 4.69) is 28.9 Å². The lowest BCUT2D eigenvalue weighted by atomic mass is 10.1. The van der Waals surface area contributed by atoms with E-state index < -0.39 is 0 Å². The highest BCUT2D eigenvalue weighted by Crippen LogP contribution is 2.17. The fourth-order valence-corrected chi connectivity index (χ4v) is 2.05. The number of hydrogen-bond donors (Lipinski definition) is 1. The molecule has 0 unspecified atom stereocenters. The lowest BCUT2D eigenvalue weighted by molar-refractivity contribution is 0.475. The highest BCUT2D eigenvalue weighted by molar-refractivity contribution is 9.11. The fraction of sp³-hybridized carbons (Fsp3) is 0.385. The standard InChI is InChI=1S/C13H17BrO/c1-2-4-12(14)6-3-5-11-7-9-13(15)10-8-11/h4,7-10,15H,2-3,5-6H2,1H3/b12-4+. The Morgan fingerprint density at radius 2 is 2.00 bits per heavy atom. The molecule has 15 heavy (non-hydrogen) atoms. The normalized spacial score (nSPS) is 11.7. The molecule has 0 heterocycles. The molecule has 0 saturated heterocycles. The minimum atomic E-state index is 0.339. The molecule has 1 rings (SSSR count). The molecular formula is C13H17BrO. The van der Waals surface area contributed by atoms with Gasteiger partial charge in [0.1, 0.15) is 5.75 Å². The Balaban J connectivity index is 2.32. The third kappa shape index (κ3) is 5.03. The second-order valence-corrected chi connectivity index (χ2v) is 4.60. The molecular weight excluding hydrogens is 252 g/mol. The van der Waals surface area contributed by atoms with Gasteiger partial charge in [-0.2, -0.15) is 0 Å². The summed E-state index contributed by atoms with van der Waals surface area (Å²) in [4.78, 5) is 0. The van der Waals surface area contributed by atoms with Gasteiger partial charge in [-0.05, 0) is 47.9 Å². The second-order valence-electron chi connectivity index (χ2n) is 3.58. The number of benzene rings is 1. The summed E-state index contributed by atoms with van der Waals surface area (Å²) in [5.41, 5.74) is 1.28. The van der Waals surface area contributed by atoms with Gasteiger partial charge >= 0.3 is 0 Å². The minimum absolute atomic E-state index is 0.339. The van der Waals surface area contributed by atoms with Crippen LogP contribution in [0.2, 0.25) is 0 Å². The Labute approximate surface area is 100.0 Å². The lowest BCUT2D eigenvalue weighted by Crippen LogP contribution is -1.85. The topological polar surface area (TPSA) is 20.2 Å². The summed E-state index contributed by atoms with van der Waals surface area (Å²) < 4.78 is 1.30. The van der Waals surface area contributed by atoms with Crippen molar-refractivity contribution in [1.82, 2.24) is 0 Å². The van der Waals surface area contributed by atoms with Crippen molar-refractivity contribution in [1.29, 1.82) is 0 Å². The molecule has 0 radical (unpaired) electrons. The summed E-state index contributed by atoms with van der Waals surface area (Å²) in [6.07, 6.45) is 6.58. The van der Waals surface area contributed by atoms with E-state index in [4.69, 9.17) is 5.11 Å². The summed E-state index contributed by atoms with van der Waals surface area (Å²) in [6, 6.07) is 7.44. The molecule has 0 bridgehead atoms. The van der Waals surface area contributed by atoms with Crippen LogP contribution in [-0.4, -0.2) is 5.11 Å². The van der Waals surface area contributed by atoms with Crippen LogP contribution < -0.4 is 0 Å². The average molecular weight is 269 g/mol. The molecule has 0 fully saturated rings. The number of phenolic OH excluding ortho intramolecular Hbond substituents is 1. The SMILES string of the molecule is CC/C=C(/Br)CCCc1ccc(O)cc1. The van der Waals surface area contributed by atoms with Gasteiger partial charge < -0.3 is 5.11 Å². The fourth-order valence-electron chi connectivity index (χ4n) is 1.45. The van der Waals surface area contributed by atoms with Crippen molar-refractivity contribution < 1.29 is 5.11 Å². The Morgan fingerprint density at radius 3 is 2.60 bits per heavy atom. The number of hydrogen-bond acceptors (Lipinski definition) is 1. The Bertz CT molecular complexity index is 314. The van der Waals surface area contributed by atoms with Gasteiger partial charge in [0.25, 0.3) is 0 Å². The molecule has 0 saturated carbocycles. The maximum Gasteiger partial charge on any atom is 0.115 e. The molecule has 0 aliphatic carbocycles. The van der Waals surface area contributed by atoms with Crippen LogP contribution in [-0.2, 0) is 6.42 Å². The first-order chi connectivity index (χ1) is 7.22. The first-order valence-electron chi connectivity index (χ1n) is 5.35. The van der Waals surface area contributed by atoms with Crippen LogP contribution in [0.4, 0.5) is 0 Å². The first-order valence-corrected chi connectivity index (χ1v) is 6.14. The Morgan fingerprint density at radius 1 is 1.33 bits per heavy atom. The summed E-state index contributed by atoms with van der Waals surface area (Å²) in [5.74, 6) is 0.339. The lowest BCUT2D eigenvalue weighted by Gasteiger charge is -2.01. The number of aryl methyl sites for hydroxylation is 1. The highest BCUT2D eigenvalue weighted by atomic mass is 79.9. The quantitative estimate of drug-likeness (QED) is 0.839. The van der Waals surface area contributed by atoms with Crippen LogP contribution in [0.1, 0.15) is 31.7 Å². The van der Waals surface area contributed by atoms with Crippen molar-refractivity contribution in [2.24, 2.45) is 0 Å². The molecule has 2 heteroatoms. The van der Waals surface area contributed by atoms with Crippen molar-refractivity contribution in [2.45, 2.75) is 32.6 Å². The molecule has 1 aromatic rings. The zero-order valence-corrected chi connectivity index (χ0v) is 10.6. The molecule has 82 valence electrons. The van der Waals surface area contributed by atoms with Crippen LogP contribution in [0.25, 0.3) is 0 Å². The van der Waals surface area contributed by atoms with Crippen LogP contribution in [0.3, 0.4) is 0 Å². The molecule has 1 aromatic carbocycles. The molecule has 0 aliphatic rings. The maximum atomic E-state index is 9.12. The molecule has 0 amide bonds. The van der Waals surface area contributed by atoms with E-state index in [1.165, 1.54) is 10.0 Å². The van der Waals surface area contributed by atoms with Crippen molar-refractivity contribution in [2.75, 3.05) is 0 Å². The zero-order chi connectivity index (χ0) is 11.1. The molecule has 0 atom stereocenters. The van der Waals surface area contributed by atoms with Gasteiger partial charge in [-0.3, -0.25) is 0 Å². The third-order valence-corrected chi connectivity index (χ3v) is 2.96. The van der Waals surface area contributed by atoms with Gasteiger partial charge in [0.2, 0.25) is 0 Å². The summed E-state index contributed by atoms with van der Waals surface area (Å²) in [7, 11) is 0. The molecule has 1 N–H and O–H groups in total. The largest absolute Gasteiger partial charge is 0.508 e. The number of aromatic hydroxyl groups is 1. The van der Waals surface area contributed by atoms with Crippen molar-refractivity contribution in [3.05, 3.63) is 40.4 Å². The van der Waals surface area contributed by atoms with E-state index >= 15 is 0 Å². The minimum Gasteiger partial charge on any atom is -0.508 e. The van der Waals surface area contributed by atoms with Gasteiger partial charge in [0, 0.05) is 0 Å². The van der Waals surface area contributed by atoms with E-state index in [-0.39, 0.29) is 0 Å². The number of rotatable bonds is 5. The van der Waals surface area contributed by atoms with Gasteiger partial charge in [-0.25, -0.2) is 0 Å². The predicted octanol–water partition coefficient (Wildman–Crippen LogP) is 4.40. The van der Waals surface area contributed by atoms with E-state index in [9.17, 15) is 0 Å². The molecule has 1 nitrogen and oxygen atoms in total. The Kier molecular flexibility index (Phi) is 5.48. The van der Waals surface area contributed by atoms with Crippen LogP contribution in [0, 0.1) is 0 Å². The molecule has 0 aromatic heterocycles. The predicted molar refractivity (Wildman–Crippen MR) is 68.3 cm³/mol. The maximum absolute atomic E-state index is 9.12. The van der Waals surface area contributed by atoms with Crippen molar-refractivity contribution in [3.63, 3.8) is 0 Å². The van der Waals surface area contributed by atoms with E-state index in [1.807, 2.05) is 12.1 Å². The van der Waals surface area contributed by atoms with E-state index in [0.717, 1.165) is 25.7 Å². The second kappa shape index (κ2) is 6.67. The van der Waals surface area contributed by atoms with Gasteiger partial charge in [-0.15, -0.1) is 0 Å². The highest BCUT2D eigenvalue weighted by Gasteiger charge is 1.95. The summed E-state index contributed by atoms with van der Waals surface area (Å²) in [5, 5.41) is 9.12. The zero-order valence-electron chi connectivity index (χ0n) is 9.04. The summed E-state index contributed by atoms with van der Waals surface area (Å²) in [6.45, 7) is 2.14. The summed E-state index contributed by atoms with van der Waals surface area (Å²) >= 11 is 3.54. The molecule has 0 aliphatic heterocycles. The number of allylic oxidation sites excluding steroid dienone is 2. The van der Waals surface area contributed by atoms with Crippen LogP contribution >= 0.6 is 15.9 Å². The van der Waals surface area contributed by atoms with Gasteiger partial charge in [0.15, 0.2) is 0 Å². The monoisotopic (exact) mass is 268 g/mol.